The molecule has 1 aromatic rings. The Morgan fingerprint density at radius 2 is 2.28 bits per heavy atom. The lowest BCUT2D eigenvalue weighted by Gasteiger charge is -2.37. The number of nitrogens with zero attached hydrogens (tertiary/aromatic N) is 2. The van der Waals surface area contributed by atoms with Crippen molar-refractivity contribution < 1.29 is 14.3 Å². The summed E-state index contributed by atoms with van der Waals surface area (Å²) in [6.07, 6.45) is 1.65. The van der Waals surface area contributed by atoms with Gasteiger partial charge in [-0.1, -0.05) is 13.0 Å². The summed E-state index contributed by atoms with van der Waals surface area (Å²) >= 11 is 1.53. The van der Waals surface area contributed by atoms with Gasteiger partial charge in [0.05, 0.1) is 18.2 Å². The molecule has 0 bridgehead atoms. The number of likely N-dealkylation sites (N-methyl/N-ethyl adjacent to an activating group) is 1. The minimum absolute atomic E-state index is 0.233. The monoisotopic (exact) mass is 363 g/mol. The van der Waals surface area contributed by atoms with Crippen molar-refractivity contribution >= 4 is 23.3 Å². The van der Waals surface area contributed by atoms with Crippen LogP contribution in [0, 0.1) is 0 Å². The van der Waals surface area contributed by atoms with E-state index in [1.807, 2.05) is 35.7 Å². The molecule has 0 spiro atoms. The van der Waals surface area contributed by atoms with Crippen molar-refractivity contribution in [3.8, 4) is 0 Å². The largest absolute Gasteiger partial charge is 0.463 e. The van der Waals surface area contributed by atoms with E-state index in [-0.39, 0.29) is 12.6 Å². The Morgan fingerprint density at radius 1 is 1.52 bits per heavy atom. The van der Waals surface area contributed by atoms with E-state index in [0.29, 0.717) is 24.4 Å². The summed E-state index contributed by atoms with van der Waals surface area (Å²) in [7, 11) is 1.95. The zero-order valence-corrected chi connectivity index (χ0v) is 15.8. The van der Waals surface area contributed by atoms with Gasteiger partial charge in [-0.05, 0) is 42.9 Å². The number of carbonyl (C=O) groups excluding carboxylic acids is 2. The van der Waals surface area contributed by atoms with Gasteiger partial charge in [-0.25, -0.2) is 9.59 Å². The van der Waals surface area contributed by atoms with Crippen molar-refractivity contribution in [2.24, 2.45) is 0 Å². The van der Waals surface area contributed by atoms with E-state index in [1.54, 1.807) is 17.9 Å². The summed E-state index contributed by atoms with van der Waals surface area (Å²) in [5, 5.41) is 6.80. The summed E-state index contributed by atoms with van der Waals surface area (Å²) in [5.41, 5.74) is 2.04. The van der Waals surface area contributed by atoms with Crippen molar-refractivity contribution in [1.82, 2.24) is 15.1 Å². The van der Waals surface area contributed by atoms with Gasteiger partial charge in [0.2, 0.25) is 0 Å². The summed E-state index contributed by atoms with van der Waals surface area (Å²) < 4.78 is 5.30. The quantitative estimate of drug-likeness (QED) is 0.570. The molecule has 7 heteroatoms. The zero-order valence-electron chi connectivity index (χ0n) is 14.9. The Balaban J connectivity index is 2.58. The average molecular weight is 363 g/mol. The molecule has 0 fully saturated rings. The van der Waals surface area contributed by atoms with E-state index < -0.39 is 12.0 Å². The second kappa shape index (κ2) is 8.82. The first kappa shape index (κ1) is 19.2. The Bertz CT molecular complexity index is 655. The minimum atomic E-state index is -0.501. The molecule has 0 saturated heterocycles. The molecule has 0 unspecified atom stereocenters. The first-order valence-electron chi connectivity index (χ1n) is 8.33. The maximum Gasteiger partial charge on any atom is 0.338 e. The number of nitrogens with one attached hydrogen (secondary N) is 1. The third-order valence-electron chi connectivity index (χ3n) is 4.08. The fourth-order valence-electron chi connectivity index (χ4n) is 2.70. The predicted octanol–water partition coefficient (Wildman–Crippen LogP) is 2.77. The van der Waals surface area contributed by atoms with Gasteiger partial charge in [-0.3, -0.25) is 4.90 Å². The highest BCUT2D eigenvalue weighted by molar-refractivity contribution is 7.08. The number of amides is 2. The Morgan fingerprint density at radius 3 is 2.84 bits per heavy atom. The van der Waals surface area contributed by atoms with E-state index in [4.69, 9.17) is 4.74 Å². The van der Waals surface area contributed by atoms with Gasteiger partial charge >= 0.3 is 12.0 Å². The van der Waals surface area contributed by atoms with Crippen LogP contribution in [-0.2, 0) is 9.53 Å². The molecule has 25 heavy (non-hydrogen) atoms. The molecule has 2 heterocycles. The van der Waals surface area contributed by atoms with Crippen molar-refractivity contribution in [3.05, 3.63) is 46.3 Å². The van der Waals surface area contributed by atoms with E-state index in [9.17, 15) is 9.59 Å². The van der Waals surface area contributed by atoms with Crippen LogP contribution in [0.25, 0.3) is 0 Å². The number of thiophene rings is 1. The summed E-state index contributed by atoms with van der Waals surface area (Å²) in [6, 6.07) is 1.18. The number of rotatable bonds is 8. The van der Waals surface area contributed by atoms with Gasteiger partial charge in [0.15, 0.2) is 0 Å². The number of esters is 1. The first-order chi connectivity index (χ1) is 12.0. The maximum atomic E-state index is 12.7. The predicted molar refractivity (Wildman–Crippen MR) is 99.3 cm³/mol. The second-order valence-corrected chi connectivity index (χ2v) is 6.53. The molecule has 2 amide bonds. The molecular weight excluding hydrogens is 338 g/mol. The van der Waals surface area contributed by atoms with Crippen LogP contribution in [0.2, 0.25) is 0 Å². The fraction of sp³-hybridized carbons (Fsp3) is 0.444. The Hall–Kier alpha value is -2.12. The molecule has 1 aliphatic heterocycles. The van der Waals surface area contributed by atoms with Crippen LogP contribution in [0.5, 0.6) is 0 Å². The lowest BCUT2D eigenvalue weighted by Crippen LogP contribution is -2.50. The molecule has 1 aliphatic rings. The highest BCUT2D eigenvalue weighted by Crippen LogP contribution is 2.32. The van der Waals surface area contributed by atoms with Gasteiger partial charge < -0.3 is 15.0 Å². The normalized spacial score (nSPS) is 17.7. The van der Waals surface area contributed by atoms with Gasteiger partial charge in [-0.2, -0.15) is 11.3 Å². The van der Waals surface area contributed by atoms with Crippen LogP contribution in [-0.4, -0.2) is 55.1 Å². The van der Waals surface area contributed by atoms with E-state index in [2.05, 4.69) is 11.9 Å². The van der Waals surface area contributed by atoms with Crippen LogP contribution in [0.3, 0.4) is 0 Å². The van der Waals surface area contributed by atoms with Gasteiger partial charge in [0.25, 0.3) is 0 Å². The molecule has 136 valence electrons. The van der Waals surface area contributed by atoms with Crippen molar-refractivity contribution in [2.45, 2.75) is 19.9 Å². The zero-order chi connectivity index (χ0) is 18.4. The molecule has 0 aliphatic carbocycles. The van der Waals surface area contributed by atoms with Crippen LogP contribution in [0.4, 0.5) is 4.79 Å². The van der Waals surface area contributed by atoms with E-state index >= 15 is 0 Å². The summed E-state index contributed by atoms with van der Waals surface area (Å²) in [4.78, 5) is 29.0. The molecule has 1 N–H and O–H groups in total. The molecule has 6 nitrogen and oxygen atoms in total. The van der Waals surface area contributed by atoms with E-state index in [0.717, 1.165) is 12.1 Å². The molecule has 1 aromatic heterocycles. The van der Waals surface area contributed by atoms with Gasteiger partial charge in [0.1, 0.15) is 0 Å². The molecule has 0 aromatic carbocycles. The first-order valence-corrected chi connectivity index (χ1v) is 9.27. The van der Waals surface area contributed by atoms with Crippen LogP contribution in [0.15, 0.2) is 40.8 Å². The Kier molecular flexibility index (Phi) is 6.78. The smallest absolute Gasteiger partial charge is 0.338 e. The minimum Gasteiger partial charge on any atom is -0.463 e. The molecule has 0 saturated carbocycles. The van der Waals surface area contributed by atoms with Crippen molar-refractivity contribution in [2.75, 3.05) is 33.3 Å². The third kappa shape index (κ3) is 4.29. The third-order valence-corrected chi connectivity index (χ3v) is 4.78. The van der Waals surface area contributed by atoms with Gasteiger partial charge in [-0.15, -0.1) is 6.58 Å². The lowest BCUT2D eigenvalue weighted by atomic mass is 9.96. The summed E-state index contributed by atoms with van der Waals surface area (Å²) in [6.45, 7) is 9.42. The highest BCUT2D eigenvalue weighted by atomic mass is 32.1. The summed E-state index contributed by atoms with van der Waals surface area (Å²) in [5.74, 6) is -0.396. The topological polar surface area (TPSA) is 61.9 Å². The van der Waals surface area contributed by atoms with Crippen LogP contribution < -0.4 is 5.32 Å². The molecule has 1 atom stereocenters. The SMILES string of the molecule is C=CCN1C(=O)N[C@@H](c2ccsc2)C(C(=O)OCC)=C1CN(C)CC. The van der Waals surface area contributed by atoms with Crippen molar-refractivity contribution in [1.29, 1.82) is 0 Å². The number of ether oxygens (including phenoxy) is 1. The highest BCUT2D eigenvalue weighted by Gasteiger charge is 2.38. The maximum absolute atomic E-state index is 12.7. The van der Waals surface area contributed by atoms with Crippen LogP contribution in [0.1, 0.15) is 25.5 Å². The van der Waals surface area contributed by atoms with E-state index in [1.165, 1.54) is 11.3 Å². The average Bonchev–Trinajstić information content (AvgIpc) is 3.12. The molecule has 0 radical (unpaired) electrons. The van der Waals surface area contributed by atoms with Crippen LogP contribution >= 0.6 is 11.3 Å². The molecule has 2 rings (SSSR count). The standard InChI is InChI=1S/C18H25N3O3S/c1-5-9-21-14(11-20(4)6-2)15(17(22)24-7-3)16(19-18(21)23)13-8-10-25-12-13/h5,8,10,12,16H,1,6-7,9,11H2,2-4H3,(H,19,23)/t16-/m0/s1. The molecular formula is C18H25N3O3S. The number of hydrogen-bond acceptors (Lipinski definition) is 5. The second-order valence-electron chi connectivity index (χ2n) is 5.75. The lowest BCUT2D eigenvalue weighted by molar-refractivity contribution is -0.139. The fourth-order valence-corrected chi connectivity index (χ4v) is 3.39. The number of carbonyl (C=O) groups is 2. The van der Waals surface area contributed by atoms with Gasteiger partial charge in [0, 0.05) is 18.8 Å². The van der Waals surface area contributed by atoms with Crippen molar-refractivity contribution in [3.63, 3.8) is 0 Å². The Labute approximate surface area is 152 Å². The number of urea groups is 1. The number of hydrogen-bond donors (Lipinski definition) is 1.